The van der Waals surface area contributed by atoms with E-state index in [1.165, 1.54) is 11.3 Å². The molecule has 2 rings (SSSR count). The van der Waals surface area contributed by atoms with E-state index >= 15 is 0 Å². The fourth-order valence-electron chi connectivity index (χ4n) is 1.53. The van der Waals surface area contributed by atoms with Gasteiger partial charge in [-0.15, -0.1) is 11.3 Å². The predicted octanol–water partition coefficient (Wildman–Crippen LogP) is 3.02. The molecule has 0 saturated carbocycles. The largest absolute Gasteiger partial charge is 0.323 e. The molecule has 0 aliphatic rings. The van der Waals surface area contributed by atoms with Crippen LogP contribution in [0, 0.1) is 11.3 Å². The van der Waals surface area contributed by atoms with Crippen LogP contribution in [-0.2, 0) is 4.79 Å². The second kappa shape index (κ2) is 5.97. The minimum absolute atomic E-state index is 0.336. The van der Waals surface area contributed by atoms with E-state index in [0.29, 0.717) is 11.3 Å². The summed E-state index contributed by atoms with van der Waals surface area (Å²) in [5.41, 5.74) is 6.71. The Morgan fingerprint density at radius 1 is 1.47 bits per heavy atom. The van der Waals surface area contributed by atoms with Crippen molar-refractivity contribution in [3.05, 3.63) is 50.6 Å². The number of halogens is 1. The number of nitrogens with one attached hydrogen (secondary N) is 1. The first-order chi connectivity index (χ1) is 9.11. The molecule has 0 aliphatic carbocycles. The van der Waals surface area contributed by atoms with Crippen LogP contribution >= 0.6 is 27.3 Å². The number of thiophene rings is 1. The molecule has 4 nitrogen and oxygen atoms in total. The quantitative estimate of drug-likeness (QED) is 0.904. The number of carbonyl (C=O) groups is 1. The van der Waals surface area contributed by atoms with Crippen LogP contribution < -0.4 is 11.1 Å². The maximum atomic E-state index is 12.0. The Kier molecular flexibility index (Phi) is 4.32. The van der Waals surface area contributed by atoms with Crippen molar-refractivity contribution in [2.24, 2.45) is 5.73 Å². The van der Waals surface area contributed by atoms with Gasteiger partial charge in [-0.25, -0.2) is 0 Å². The molecule has 96 valence electrons. The fraction of sp³-hybridized carbons (Fsp3) is 0.0769. The van der Waals surface area contributed by atoms with E-state index < -0.39 is 6.04 Å². The summed E-state index contributed by atoms with van der Waals surface area (Å²) >= 11 is 4.72. The zero-order valence-corrected chi connectivity index (χ0v) is 12.2. The predicted molar refractivity (Wildman–Crippen MR) is 78.7 cm³/mol. The van der Waals surface area contributed by atoms with Gasteiger partial charge in [0.2, 0.25) is 5.91 Å². The third-order valence-corrected chi connectivity index (χ3v) is 3.94. The summed E-state index contributed by atoms with van der Waals surface area (Å²) < 4.78 is 0.784. The Morgan fingerprint density at radius 2 is 2.26 bits per heavy atom. The van der Waals surface area contributed by atoms with Crippen LogP contribution in [0.25, 0.3) is 0 Å². The number of anilines is 1. The molecule has 0 radical (unpaired) electrons. The smallest absolute Gasteiger partial charge is 0.246 e. The van der Waals surface area contributed by atoms with Gasteiger partial charge >= 0.3 is 0 Å². The van der Waals surface area contributed by atoms with Gasteiger partial charge in [-0.3, -0.25) is 4.79 Å². The summed E-state index contributed by atoms with van der Waals surface area (Å²) in [4.78, 5) is 12.8. The lowest BCUT2D eigenvalue weighted by molar-refractivity contribution is -0.117. The van der Waals surface area contributed by atoms with Crippen LogP contribution in [0.15, 0.2) is 40.2 Å². The lowest BCUT2D eigenvalue weighted by atomic mass is 10.1. The van der Waals surface area contributed by atoms with E-state index in [9.17, 15) is 4.79 Å². The topological polar surface area (TPSA) is 78.9 Å². The van der Waals surface area contributed by atoms with Crippen LogP contribution in [0.5, 0.6) is 0 Å². The second-order valence-electron chi connectivity index (χ2n) is 3.78. The van der Waals surface area contributed by atoms with Crippen molar-refractivity contribution in [2.75, 3.05) is 5.32 Å². The summed E-state index contributed by atoms with van der Waals surface area (Å²) in [6.07, 6.45) is 0. The molecule has 1 aromatic carbocycles. The van der Waals surface area contributed by atoms with Crippen LogP contribution in [0.4, 0.5) is 5.69 Å². The van der Waals surface area contributed by atoms with Crippen LogP contribution in [-0.4, -0.2) is 5.91 Å². The highest BCUT2D eigenvalue weighted by Crippen LogP contribution is 2.23. The number of hydrogen-bond donors (Lipinski definition) is 2. The number of rotatable bonds is 3. The molecular formula is C13H10BrN3OS. The highest BCUT2D eigenvalue weighted by molar-refractivity contribution is 9.10. The van der Waals surface area contributed by atoms with Crippen molar-refractivity contribution in [1.29, 1.82) is 5.26 Å². The van der Waals surface area contributed by atoms with Crippen LogP contribution in [0.2, 0.25) is 0 Å². The average molecular weight is 336 g/mol. The van der Waals surface area contributed by atoms with Gasteiger partial charge in [0.1, 0.15) is 12.1 Å². The average Bonchev–Trinajstić information content (AvgIpc) is 2.92. The van der Waals surface area contributed by atoms with E-state index in [2.05, 4.69) is 21.2 Å². The number of amides is 1. The Balaban J connectivity index is 2.20. The Morgan fingerprint density at radius 3 is 2.89 bits per heavy atom. The number of hydrogen-bond acceptors (Lipinski definition) is 4. The minimum atomic E-state index is -0.731. The van der Waals surface area contributed by atoms with Crippen molar-refractivity contribution in [3.63, 3.8) is 0 Å². The molecule has 0 aliphatic heterocycles. The van der Waals surface area contributed by atoms with Crippen LogP contribution in [0.3, 0.4) is 0 Å². The van der Waals surface area contributed by atoms with E-state index in [0.717, 1.165) is 9.35 Å². The Hall–Kier alpha value is -1.68. The monoisotopic (exact) mass is 335 g/mol. The van der Waals surface area contributed by atoms with Gasteiger partial charge < -0.3 is 11.1 Å². The summed E-state index contributed by atoms with van der Waals surface area (Å²) in [7, 11) is 0. The molecule has 3 N–H and O–H groups in total. The zero-order chi connectivity index (χ0) is 13.8. The van der Waals surface area contributed by atoms with Crippen molar-refractivity contribution in [2.45, 2.75) is 6.04 Å². The van der Waals surface area contributed by atoms with Crippen LogP contribution in [0.1, 0.15) is 16.5 Å². The van der Waals surface area contributed by atoms with Crippen molar-refractivity contribution < 1.29 is 4.79 Å². The first-order valence-electron chi connectivity index (χ1n) is 5.41. The molecule has 0 spiro atoms. The van der Waals surface area contributed by atoms with Gasteiger partial charge in [-0.1, -0.05) is 22.0 Å². The fourth-order valence-corrected chi connectivity index (χ4v) is 2.61. The number of benzene rings is 1. The highest BCUT2D eigenvalue weighted by atomic mass is 79.9. The molecule has 2 aromatic rings. The van der Waals surface area contributed by atoms with Gasteiger partial charge in [0.25, 0.3) is 0 Å². The Bertz CT molecular complexity index is 634. The van der Waals surface area contributed by atoms with Gasteiger partial charge in [0.05, 0.1) is 11.3 Å². The first-order valence-corrected chi connectivity index (χ1v) is 7.08. The molecular weight excluding hydrogens is 326 g/mol. The second-order valence-corrected chi connectivity index (χ2v) is 5.68. The summed E-state index contributed by atoms with van der Waals surface area (Å²) in [6, 6.07) is 10.0. The lowest BCUT2D eigenvalue weighted by Gasteiger charge is -2.12. The Labute approximate surface area is 123 Å². The molecule has 0 bridgehead atoms. The number of carbonyl (C=O) groups excluding carboxylic acids is 1. The molecule has 1 atom stereocenters. The lowest BCUT2D eigenvalue weighted by Crippen LogP contribution is -2.27. The van der Waals surface area contributed by atoms with Crippen molar-refractivity contribution >= 4 is 38.9 Å². The molecule has 0 saturated heterocycles. The van der Waals surface area contributed by atoms with E-state index in [1.54, 1.807) is 24.3 Å². The SMILES string of the molecule is N#Cc1ccc(Br)cc1NC(=O)C(N)c1cccs1. The number of nitrogens with zero attached hydrogens (tertiary/aromatic N) is 1. The molecule has 0 fully saturated rings. The zero-order valence-electron chi connectivity index (χ0n) is 9.76. The number of nitriles is 1. The van der Waals surface area contributed by atoms with Gasteiger partial charge in [0, 0.05) is 9.35 Å². The van der Waals surface area contributed by atoms with Gasteiger partial charge in [-0.05, 0) is 29.6 Å². The first kappa shape index (κ1) is 13.7. The molecule has 6 heteroatoms. The van der Waals surface area contributed by atoms with E-state index in [-0.39, 0.29) is 5.91 Å². The van der Waals surface area contributed by atoms with Crippen molar-refractivity contribution in [3.8, 4) is 6.07 Å². The summed E-state index contributed by atoms with van der Waals surface area (Å²) in [5.74, 6) is -0.336. The van der Waals surface area contributed by atoms with E-state index in [4.69, 9.17) is 11.0 Å². The highest BCUT2D eigenvalue weighted by Gasteiger charge is 2.18. The molecule has 1 aromatic heterocycles. The molecule has 1 unspecified atom stereocenters. The third kappa shape index (κ3) is 3.20. The maximum Gasteiger partial charge on any atom is 0.246 e. The van der Waals surface area contributed by atoms with Gasteiger partial charge in [0.15, 0.2) is 0 Å². The van der Waals surface area contributed by atoms with Gasteiger partial charge in [-0.2, -0.15) is 5.26 Å². The minimum Gasteiger partial charge on any atom is -0.323 e. The summed E-state index contributed by atoms with van der Waals surface area (Å²) in [6.45, 7) is 0. The molecule has 1 heterocycles. The number of nitrogens with two attached hydrogens (primary N) is 1. The normalized spacial score (nSPS) is 11.6. The standard InChI is InChI=1S/C13H10BrN3OS/c14-9-4-3-8(7-15)10(6-9)17-13(18)12(16)11-2-1-5-19-11/h1-6,12H,16H2,(H,17,18). The maximum absolute atomic E-state index is 12.0. The summed E-state index contributed by atoms with van der Waals surface area (Å²) in [5, 5.41) is 13.5. The third-order valence-electron chi connectivity index (χ3n) is 2.49. The van der Waals surface area contributed by atoms with E-state index in [1.807, 2.05) is 17.5 Å². The van der Waals surface area contributed by atoms with Crippen molar-refractivity contribution in [1.82, 2.24) is 0 Å². The molecule has 1 amide bonds. The molecule has 19 heavy (non-hydrogen) atoms.